The van der Waals surface area contributed by atoms with E-state index in [0.29, 0.717) is 6.61 Å². The van der Waals surface area contributed by atoms with Gasteiger partial charge in [0.2, 0.25) is 0 Å². The molecule has 0 aromatic rings. The predicted octanol–water partition coefficient (Wildman–Crippen LogP) is 0.479. The van der Waals surface area contributed by atoms with Gasteiger partial charge in [-0.05, 0) is 12.5 Å². The number of esters is 1. The Balaban J connectivity index is 0. The summed E-state index contributed by atoms with van der Waals surface area (Å²) in [6.45, 7) is 1.79. The van der Waals surface area contributed by atoms with Crippen LogP contribution in [0.2, 0.25) is 0 Å². The minimum Gasteiger partial charge on any atom is -0.466 e. The molecular formula is C4H7BN3O2. The summed E-state index contributed by atoms with van der Waals surface area (Å²) in [5.74, 6) is -0.490. The van der Waals surface area contributed by atoms with Crippen LogP contribution in [0.3, 0.4) is 0 Å². The Bertz CT molecular complexity index is 143. The molecule has 0 aliphatic carbocycles. The van der Waals surface area contributed by atoms with Crippen molar-refractivity contribution in [3.8, 4) is 0 Å². The molecule has 0 N–H and O–H groups in total. The second kappa shape index (κ2) is 7.84. The van der Waals surface area contributed by atoms with E-state index in [1.165, 1.54) is 0 Å². The van der Waals surface area contributed by atoms with Crippen molar-refractivity contribution in [3.05, 3.63) is 10.4 Å². The number of ether oxygens (including phenoxy) is 1. The summed E-state index contributed by atoms with van der Waals surface area (Å²) in [4.78, 5) is 12.7. The van der Waals surface area contributed by atoms with Crippen molar-refractivity contribution in [3.63, 3.8) is 0 Å². The van der Waals surface area contributed by atoms with Crippen LogP contribution in [0.5, 0.6) is 0 Å². The Morgan fingerprint density at radius 2 is 2.40 bits per heavy atom. The first-order valence-electron chi connectivity index (χ1n) is 2.47. The number of carbonyl (C=O) groups is 1. The van der Waals surface area contributed by atoms with Gasteiger partial charge in [-0.2, -0.15) is 0 Å². The topological polar surface area (TPSA) is 75.1 Å². The van der Waals surface area contributed by atoms with Gasteiger partial charge in [0.1, 0.15) is 6.54 Å². The van der Waals surface area contributed by atoms with Crippen LogP contribution < -0.4 is 0 Å². The lowest BCUT2D eigenvalue weighted by Gasteiger charge is -1.94. The first kappa shape index (κ1) is 11.6. The third kappa shape index (κ3) is 6.84. The molecule has 0 atom stereocenters. The number of hydrogen-bond acceptors (Lipinski definition) is 3. The van der Waals surface area contributed by atoms with E-state index in [4.69, 9.17) is 5.53 Å². The first-order valence-corrected chi connectivity index (χ1v) is 2.47. The van der Waals surface area contributed by atoms with Gasteiger partial charge in [-0.15, -0.1) is 0 Å². The van der Waals surface area contributed by atoms with Crippen LogP contribution in [0.25, 0.3) is 10.4 Å². The molecular weight excluding hydrogens is 133 g/mol. The van der Waals surface area contributed by atoms with Gasteiger partial charge < -0.3 is 4.74 Å². The number of hydrogen-bond donors (Lipinski definition) is 0. The highest BCUT2D eigenvalue weighted by molar-refractivity contribution is 5.75. The summed E-state index contributed by atoms with van der Waals surface area (Å²) in [6, 6.07) is 0. The van der Waals surface area contributed by atoms with E-state index < -0.39 is 5.97 Å². The van der Waals surface area contributed by atoms with Crippen molar-refractivity contribution in [2.75, 3.05) is 13.2 Å². The Hall–Kier alpha value is -1.16. The molecule has 10 heavy (non-hydrogen) atoms. The fraction of sp³-hybridized carbons (Fsp3) is 0.750. The average Bonchev–Trinajstić information content (AvgIpc) is 1.85. The summed E-state index contributed by atoms with van der Waals surface area (Å²) in [5.41, 5.74) is 7.73. The van der Waals surface area contributed by atoms with Gasteiger partial charge in [0, 0.05) is 13.3 Å². The third-order valence-electron chi connectivity index (χ3n) is 0.568. The molecule has 0 fully saturated rings. The minimum absolute atomic E-state index is 0. The molecule has 0 saturated carbocycles. The van der Waals surface area contributed by atoms with Crippen LogP contribution >= 0.6 is 0 Å². The maximum Gasteiger partial charge on any atom is 0.311 e. The molecule has 0 spiro atoms. The summed E-state index contributed by atoms with van der Waals surface area (Å²) in [7, 11) is 0. The molecule has 3 radical (unpaired) electrons. The molecule has 0 amide bonds. The van der Waals surface area contributed by atoms with Crippen molar-refractivity contribution in [1.29, 1.82) is 0 Å². The van der Waals surface area contributed by atoms with Gasteiger partial charge >= 0.3 is 5.97 Å². The standard InChI is InChI=1S/C4H7N3O2.B/c1-2-9-4(8)3-6-7-5;/h2-3H2,1H3;. The zero-order valence-corrected chi connectivity index (χ0v) is 5.65. The Morgan fingerprint density at radius 1 is 1.80 bits per heavy atom. The first-order chi connectivity index (χ1) is 4.31. The lowest BCUT2D eigenvalue weighted by atomic mass is 10.7. The van der Waals surface area contributed by atoms with Gasteiger partial charge in [0.05, 0.1) is 6.61 Å². The largest absolute Gasteiger partial charge is 0.466 e. The smallest absolute Gasteiger partial charge is 0.311 e. The molecule has 0 aromatic carbocycles. The molecule has 0 aliphatic heterocycles. The SMILES string of the molecule is CCOC(=O)CN=[N+]=[N-].[B]. The van der Waals surface area contributed by atoms with E-state index in [-0.39, 0.29) is 15.0 Å². The normalized spacial score (nSPS) is 6.90. The fourth-order valence-corrected chi connectivity index (χ4v) is 0.296. The summed E-state index contributed by atoms with van der Waals surface area (Å²) in [6.07, 6.45) is 0. The van der Waals surface area contributed by atoms with Gasteiger partial charge in [-0.3, -0.25) is 4.79 Å². The molecule has 0 saturated heterocycles. The molecule has 0 unspecified atom stereocenters. The van der Waals surface area contributed by atoms with Crippen molar-refractivity contribution in [2.24, 2.45) is 5.11 Å². The maximum absolute atomic E-state index is 10.3. The van der Waals surface area contributed by atoms with Gasteiger partial charge in [-0.25, -0.2) is 0 Å². The fourth-order valence-electron chi connectivity index (χ4n) is 0.296. The molecule has 0 heterocycles. The van der Waals surface area contributed by atoms with E-state index in [2.05, 4.69) is 14.8 Å². The lowest BCUT2D eigenvalue weighted by molar-refractivity contribution is -0.141. The Morgan fingerprint density at radius 3 is 2.80 bits per heavy atom. The van der Waals surface area contributed by atoms with E-state index in [1.54, 1.807) is 6.92 Å². The van der Waals surface area contributed by atoms with Crippen LogP contribution in [-0.2, 0) is 9.53 Å². The monoisotopic (exact) mass is 140 g/mol. The molecule has 6 heteroatoms. The highest BCUT2D eigenvalue weighted by atomic mass is 16.5. The van der Waals surface area contributed by atoms with Crippen molar-refractivity contribution < 1.29 is 9.53 Å². The zero-order chi connectivity index (χ0) is 7.11. The van der Waals surface area contributed by atoms with Crippen molar-refractivity contribution in [1.82, 2.24) is 0 Å². The lowest BCUT2D eigenvalue weighted by Crippen LogP contribution is -2.06. The van der Waals surface area contributed by atoms with Crippen LogP contribution in [0.15, 0.2) is 5.11 Å². The van der Waals surface area contributed by atoms with Crippen LogP contribution in [0.1, 0.15) is 6.92 Å². The maximum atomic E-state index is 10.3. The molecule has 0 aromatic heterocycles. The second-order valence-electron chi connectivity index (χ2n) is 1.19. The van der Waals surface area contributed by atoms with E-state index >= 15 is 0 Å². The van der Waals surface area contributed by atoms with E-state index in [0.717, 1.165) is 0 Å². The minimum atomic E-state index is -0.490. The van der Waals surface area contributed by atoms with Crippen molar-refractivity contribution in [2.45, 2.75) is 6.92 Å². The summed E-state index contributed by atoms with van der Waals surface area (Å²) >= 11 is 0. The van der Waals surface area contributed by atoms with Gasteiger partial charge in [-0.1, -0.05) is 5.11 Å². The van der Waals surface area contributed by atoms with Crippen LogP contribution in [0, 0.1) is 0 Å². The highest BCUT2D eigenvalue weighted by Gasteiger charge is 1.95. The van der Waals surface area contributed by atoms with Gasteiger partial charge in [0.25, 0.3) is 0 Å². The number of carbonyl (C=O) groups excluding carboxylic acids is 1. The molecule has 0 aliphatic rings. The predicted molar refractivity (Wildman–Crippen MR) is 36.4 cm³/mol. The number of rotatable bonds is 3. The van der Waals surface area contributed by atoms with Crippen LogP contribution in [-0.4, -0.2) is 27.5 Å². The summed E-state index contributed by atoms with van der Waals surface area (Å²) in [5, 5.41) is 3.00. The quantitative estimate of drug-likeness (QED) is 0.188. The molecule has 0 bridgehead atoms. The third-order valence-corrected chi connectivity index (χ3v) is 0.568. The summed E-state index contributed by atoms with van der Waals surface area (Å²) < 4.78 is 4.44. The number of azide groups is 1. The van der Waals surface area contributed by atoms with Gasteiger partial charge in [0.15, 0.2) is 0 Å². The molecule has 5 nitrogen and oxygen atoms in total. The average molecular weight is 140 g/mol. The second-order valence-corrected chi connectivity index (χ2v) is 1.19. The zero-order valence-electron chi connectivity index (χ0n) is 5.65. The molecule has 53 valence electrons. The van der Waals surface area contributed by atoms with Crippen LogP contribution in [0.4, 0.5) is 0 Å². The van der Waals surface area contributed by atoms with E-state index in [1.807, 2.05) is 0 Å². The van der Waals surface area contributed by atoms with Crippen molar-refractivity contribution >= 4 is 14.4 Å². The Kier molecular flexibility index (Phi) is 9.11. The highest BCUT2D eigenvalue weighted by Crippen LogP contribution is 1.78. The number of nitrogens with zero attached hydrogens (tertiary/aromatic N) is 3. The Labute approximate surface area is 60.6 Å². The van der Waals surface area contributed by atoms with E-state index in [9.17, 15) is 4.79 Å². The molecule has 0 rings (SSSR count).